The predicted molar refractivity (Wildman–Crippen MR) is 43.4 cm³/mol. The van der Waals surface area contributed by atoms with Gasteiger partial charge in [0.2, 0.25) is 0 Å². The molecule has 0 aromatic carbocycles. The van der Waals surface area contributed by atoms with Crippen LogP contribution in [-0.2, 0) is 0 Å². The molecule has 3 nitrogen and oxygen atoms in total. The first-order valence-corrected chi connectivity index (χ1v) is 11.4. The molecule has 4 heteroatoms. The standard InChI is InChI=1S/C2H5.3CH4N.Sn/c4*1-2;/h1H2,2H3;3*1-2H2;. The normalized spacial score (nSPS) is 12.0. The van der Waals surface area contributed by atoms with Crippen LogP contribution >= 0.6 is 0 Å². The van der Waals surface area contributed by atoms with Crippen molar-refractivity contribution < 1.29 is 0 Å². The molecule has 0 fully saturated rings. The Labute approximate surface area is 60.8 Å². The van der Waals surface area contributed by atoms with Gasteiger partial charge >= 0.3 is 60.6 Å². The molecule has 0 heterocycles. The summed E-state index contributed by atoms with van der Waals surface area (Å²) in [6, 6.07) is 0. The van der Waals surface area contributed by atoms with Crippen LogP contribution in [0.3, 0.4) is 0 Å². The zero-order valence-corrected chi connectivity index (χ0v) is 8.91. The van der Waals surface area contributed by atoms with Crippen LogP contribution in [0.5, 0.6) is 0 Å². The first-order valence-electron chi connectivity index (χ1n) is 3.35. The van der Waals surface area contributed by atoms with Gasteiger partial charge in [-0.2, -0.15) is 0 Å². The van der Waals surface area contributed by atoms with Gasteiger partial charge in [0.05, 0.1) is 0 Å². The van der Waals surface area contributed by atoms with Gasteiger partial charge in [-0.25, -0.2) is 0 Å². The maximum atomic E-state index is 5.57. The van der Waals surface area contributed by atoms with Crippen LogP contribution in [0.1, 0.15) is 6.92 Å². The van der Waals surface area contributed by atoms with E-state index in [1.165, 1.54) is 4.44 Å². The molecule has 9 heavy (non-hydrogen) atoms. The first-order chi connectivity index (χ1) is 4.24. The summed E-state index contributed by atoms with van der Waals surface area (Å²) in [5.41, 5.74) is 16.7. The van der Waals surface area contributed by atoms with Crippen molar-refractivity contribution in [3.63, 3.8) is 0 Å². The molecule has 0 spiro atoms. The van der Waals surface area contributed by atoms with Gasteiger partial charge in [-0.05, 0) is 0 Å². The van der Waals surface area contributed by atoms with E-state index in [-0.39, 0.29) is 0 Å². The van der Waals surface area contributed by atoms with Gasteiger partial charge in [-0.15, -0.1) is 0 Å². The Hall–Kier alpha value is 0.679. The van der Waals surface area contributed by atoms with Crippen molar-refractivity contribution in [2.75, 3.05) is 13.7 Å². The quantitative estimate of drug-likeness (QED) is 0.546. The van der Waals surface area contributed by atoms with Crippen LogP contribution in [0.25, 0.3) is 0 Å². The summed E-state index contributed by atoms with van der Waals surface area (Å²) in [5.74, 6) is 0. The van der Waals surface area contributed by atoms with Crippen molar-refractivity contribution in [3.8, 4) is 0 Å². The third-order valence-corrected chi connectivity index (χ3v) is 13.7. The van der Waals surface area contributed by atoms with E-state index in [0.29, 0.717) is 0 Å². The number of hydrogen-bond acceptors (Lipinski definition) is 3. The molecule has 0 aliphatic carbocycles. The second kappa shape index (κ2) is 4.49. The molecule has 0 aromatic rings. The number of rotatable bonds is 4. The van der Waals surface area contributed by atoms with E-state index >= 15 is 0 Å². The molecule has 0 unspecified atom stereocenters. The van der Waals surface area contributed by atoms with Gasteiger partial charge < -0.3 is 0 Å². The van der Waals surface area contributed by atoms with Crippen molar-refractivity contribution in [1.29, 1.82) is 0 Å². The topological polar surface area (TPSA) is 78.1 Å². The second-order valence-electron chi connectivity index (χ2n) is 2.47. The van der Waals surface area contributed by atoms with E-state index in [9.17, 15) is 0 Å². The van der Waals surface area contributed by atoms with Crippen molar-refractivity contribution in [3.05, 3.63) is 0 Å². The Morgan fingerprint density at radius 2 is 1.33 bits per heavy atom. The Bertz CT molecular complexity index is 55.1. The fourth-order valence-electron chi connectivity index (χ4n) is 0.683. The number of nitrogens with two attached hydrogens (primary N) is 3. The minimum absolute atomic E-state index is 0.804. The van der Waals surface area contributed by atoms with Crippen molar-refractivity contribution in [1.82, 2.24) is 0 Å². The fraction of sp³-hybridized carbons (Fsp3) is 1.00. The fourth-order valence-corrected chi connectivity index (χ4v) is 4.58. The Morgan fingerprint density at radius 1 is 1.00 bits per heavy atom. The number of hydrogen-bond donors (Lipinski definition) is 3. The van der Waals surface area contributed by atoms with E-state index in [1.54, 1.807) is 0 Å². The minimum atomic E-state index is -2.05. The van der Waals surface area contributed by atoms with Crippen LogP contribution in [-0.4, -0.2) is 32.1 Å². The molecule has 0 saturated carbocycles. The zero-order chi connectivity index (χ0) is 7.33. The average Bonchev–Trinajstić information content (AvgIpc) is 1.95. The van der Waals surface area contributed by atoms with Gasteiger partial charge in [0.25, 0.3) is 0 Å². The molecule has 0 saturated heterocycles. The summed E-state index contributed by atoms with van der Waals surface area (Å²) >= 11 is -2.05. The summed E-state index contributed by atoms with van der Waals surface area (Å²) in [6.07, 6.45) is 0. The Balaban J connectivity index is 3.82. The molecule has 0 bridgehead atoms. The summed E-state index contributed by atoms with van der Waals surface area (Å²) in [5, 5.41) is 0. The maximum absolute atomic E-state index is 5.57. The van der Waals surface area contributed by atoms with Gasteiger partial charge in [0.1, 0.15) is 0 Å². The van der Waals surface area contributed by atoms with Gasteiger partial charge in [0, 0.05) is 0 Å². The summed E-state index contributed by atoms with van der Waals surface area (Å²) in [4.78, 5) is 0. The monoisotopic (exact) mass is 239 g/mol. The van der Waals surface area contributed by atoms with Crippen LogP contribution in [0.15, 0.2) is 0 Å². The van der Waals surface area contributed by atoms with Crippen molar-refractivity contribution in [2.24, 2.45) is 17.2 Å². The molecule has 0 amide bonds. The van der Waals surface area contributed by atoms with Crippen molar-refractivity contribution >= 4 is 18.4 Å². The van der Waals surface area contributed by atoms with Gasteiger partial charge in [0.15, 0.2) is 0 Å². The summed E-state index contributed by atoms with van der Waals surface area (Å²) in [7, 11) is 0. The zero-order valence-electron chi connectivity index (χ0n) is 6.06. The van der Waals surface area contributed by atoms with E-state index < -0.39 is 18.4 Å². The molecule has 0 aliphatic rings. The van der Waals surface area contributed by atoms with Crippen LogP contribution in [0, 0.1) is 0 Å². The molecule has 0 aromatic heterocycles. The molecule has 56 valence electrons. The first kappa shape index (κ1) is 9.68. The van der Waals surface area contributed by atoms with Crippen LogP contribution < -0.4 is 17.2 Å². The predicted octanol–water partition coefficient (Wildman–Crippen LogP) is -1.05. The van der Waals surface area contributed by atoms with Crippen LogP contribution in [0.4, 0.5) is 0 Å². The summed E-state index contributed by atoms with van der Waals surface area (Å²) < 4.78 is 3.59. The molecule has 0 rings (SSSR count). The molecule has 6 N–H and O–H groups in total. The molecule has 0 aliphatic heterocycles. The Kier molecular flexibility index (Phi) is 4.83. The van der Waals surface area contributed by atoms with E-state index in [1.807, 2.05) is 0 Å². The van der Waals surface area contributed by atoms with E-state index in [0.717, 1.165) is 13.7 Å². The average molecular weight is 238 g/mol. The van der Waals surface area contributed by atoms with Crippen molar-refractivity contribution in [2.45, 2.75) is 11.4 Å². The third kappa shape index (κ3) is 2.41. The van der Waals surface area contributed by atoms with Crippen LogP contribution in [0.2, 0.25) is 4.44 Å². The van der Waals surface area contributed by atoms with E-state index in [4.69, 9.17) is 17.2 Å². The molecule has 0 radical (unpaired) electrons. The summed E-state index contributed by atoms with van der Waals surface area (Å²) in [6.45, 7) is 2.16. The SMILES string of the molecule is C[CH2][Sn]([CH2]N)([CH2]N)[CH2]N. The second-order valence-corrected chi connectivity index (χ2v) is 16.5. The van der Waals surface area contributed by atoms with E-state index in [2.05, 4.69) is 6.92 Å². The molecular weight excluding hydrogens is 221 g/mol. The van der Waals surface area contributed by atoms with Gasteiger partial charge in [-0.3, -0.25) is 0 Å². The third-order valence-electron chi connectivity index (χ3n) is 2.05. The molecular formula is C5H17N3Sn. The molecule has 0 atom stereocenters. The Morgan fingerprint density at radius 3 is 1.33 bits per heavy atom. The van der Waals surface area contributed by atoms with Gasteiger partial charge in [-0.1, -0.05) is 0 Å².